The van der Waals surface area contributed by atoms with Gasteiger partial charge in [-0.3, -0.25) is 4.79 Å². The standard InChI is InChI=1S/C22H24N4O4/c1-28-18-10-8-15(9-11-18)20-24-22(30-25-20)26-12-4-5-16(14-26)21(27)23-17-6-3-7-19(13-17)29-2/h3,6-11,13,16H,4-5,12,14H2,1-2H3,(H,23,27)/t16-/m0/s1. The predicted octanol–water partition coefficient (Wildman–Crippen LogP) is 3.61. The van der Waals surface area contributed by atoms with Crippen molar-refractivity contribution in [3.05, 3.63) is 48.5 Å². The first-order chi connectivity index (χ1) is 14.7. The van der Waals surface area contributed by atoms with Crippen LogP contribution in [0.1, 0.15) is 12.8 Å². The van der Waals surface area contributed by atoms with E-state index in [2.05, 4.69) is 15.5 Å². The molecule has 1 atom stereocenters. The molecule has 0 saturated carbocycles. The van der Waals surface area contributed by atoms with Gasteiger partial charge in [0.2, 0.25) is 11.7 Å². The van der Waals surface area contributed by atoms with Gasteiger partial charge in [-0.15, -0.1) is 0 Å². The average molecular weight is 408 g/mol. The third-order valence-corrected chi connectivity index (χ3v) is 5.16. The zero-order chi connectivity index (χ0) is 20.9. The molecule has 0 radical (unpaired) electrons. The molecule has 1 aliphatic rings. The van der Waals surface area contributed by atoms with E-state index >= 15 is 0 Å². The smallest absolute Gasteiger partial charge is 0.324 e. The highest BCUT2D eigenvalue weighted by atomic mass is 16.5. The van der Waals surface area contributed by atoms with Crippen LogP contribution in [-0.4, -0.2) is 43.4 Å². The Morgan fingerprint density at radius 1 is 1.13 bits per heavy atom. The maximum atomic E-state index is 12.8. The lowest BCUT2D eigenvalue weighted by Crippen LogP contribution is -2.41. The van der Waals surface area contributed by atoms with E-state index in [4.69, 9.17) is 14.0 Å². The number of amides is 1. The van der Waals surface area contributed by atoms with Crippen molar-refractivity contribution in [1.29, 1.82) is 0 Å². The van der Waals surface area contributed by atoms with E-state index in [1.165, 1.54) is 0 Å². The largest absolute Gasteiger partial charge is 0.497 e. The SMILES string of the molecule is COc1ccc(-c2noc(N3CCC[C@H](C(=O)Nc4cccc(OC)c4)C3)n2)cc1. The van der Waals surface area contributed by atoms with E-state index in [1.807, 2.05) is 47.4 Å². The second-order valence-corrected chi connectivity index (χ2v) is 7.14. The number of nitrogens with one attached hydrogen (secondary N) is 1. The van der Waals surface area contributed by atoms with Crippen molar-refractivity contribution in [2.24, 2.45) is 5.92 Å². The minimum absolute atomic E-state index is 0.0251. The third-order valence-electron chi connectivity index (χ3n) is 5.16. The number of carbonyl (C=O) groups excluding carboxylic acids is 1. The Labute approximate surface area is 174 Å². The normalized spacial score (nSPS) is 16.2. The Kier molecular flexibility index (Phi) is 5.83. The molecule has 0 unspecified atom stereocenters. The summed E-state index contributed by atoms with van der Waals surface area (Å²) in [5, 5.41) is 7.07. The van der Waals surface area contributed by atoms with Crippen LogP contribution < -0.4 is 19.7 Å². The lowest BCUT2D eigenvalue weighted by molar-refractivity contribution is -0.120. The van der Waals surface area contributed by atoms with Crippen molar-refractivity contribution >= 4 is 17.6 Å². The van der Waals surface area contributed by atoms with Crippen LogP contribution in [0, 0.1) is 5.92 Å². The van der Waals surface area contributed by atoms with E-state index < -0.39 is 0 Å². The van der Waals surface area contributed by atoms with E-state index in [9.17, 15) is 4.79 Å². The monoisotopic (exact) mass is 408 g/mol. The van der Waals surface area contributed by atoms with Crippen LogP contribution in [0.3, 0.4) is 0 Å². The van der Waals surface area contributed by atoms with Gasteiger partial charge in [-0.2, -0.15) is 4.98 Å². The van der Waals surface area contributed by atoms with Gasteiger partial charge in [-0.05, 0) is 49.2 Å². The Morgan fingerprint density at radius 3 is 2.70 bits per heavy atom. The van der Waals surface area contributed by atoms with E-state index in [-0.39, 0.29) is 11.8 Å². The number of piperidine rings is 1. The highest BCUT2D eigenvalue weighted by Gasteiger charge is 2.28. The first-order valence-corrected chi connectivity index (χ1v) is 9.84. The Hall–Kier alpha value is -3.55. The zero-order valence-corrected chi connectivity index (χ0v) is 17.0. The molecule has 4 rings (SSSR count). The molecule has 3 aromatic rings. The fourth-order valence-electron chi connectivity index (χ4n) is 3.51. The number of rotatable bonds is 6. The highest BCUT2D eigenvalue weighted by molar-refractivity contribution is 5.93. The van der Waals surface area contributed by atoms with Crippen LogP contribution in [0.5, 0.6) is 11.5 Å². The van der Waals surface area contributed by atoms with Crippen LogP contribution in [0.4, 0.5) is 11.7 Å². The molecule has 1 N–H and O–H groups in total. The van der Waals surface area contributed by atoms with Crippen molar-refractivity contribution in [1.82, 2.24) is 10.1 Å². The van der Waals surface area contributed by atoms with Gasteiger partial charge in [0.25, 0.3) is 0 Å². The second kappa shape index (κ2) is 8.86. The minimum Gasteiger partial charge on any atom is -0.497 e. The van der Waals surface area contributed by atoms with Gasteiger partial charge in [0.1, 0.15) is 11.5 Å². The molecule has 8 heteroatoms. The molecule has 0 bridgehead atoms. The van der Waals surface area contributed by atoms with Crippen LogP contribution in [0.2, 0.25) is 0 Å². The number of nitrogens with zero attached hydrogens (tertiary/aromatic N) is 3. The number of aromatic nitrogens is 2. The maximum absolute atomic E-state index is 12.8. The van der Waals surface area contributed by atoms with Gasteiger partial charge in [-0.1, -0.05) is 11.2 Å². The third kappa shape index (κ3) is 4.37. The topological polar surface area (TPSA) is 89.7 Å². The van der Waals surface area contributed by atoms with Crippen LogP contribution in [-0.2, 0) is 4.79 Å². The molecule has 8 nitrogen and oxygen atoms in total. The predicted molar refractivity (Wildman–Crippen MR) is 113 cm³/mol. The molecule has 1 saturated heterocycles. The first kappa shape index (κ1) is 19.8. The van der Waals surface area contributed by atoms with Crippen LogP contribution >= 0.6 is 0 Å². The summed E-state index contributed by atoms with van der Waals surface area (Å²) in [7, 11) is 3.23. The summed E-state index contributed by atoms with van der Waals surface area (Å²) in [6.07, 6.45) is 1.68. The van der Waals surface area contributed by atoms with Crippen molar-refractivity contribution < 1.29 is 18.8 Å². The molecular formula is C22H24N4O4. The van der Waals surface area contributed by atoms with Crippen molar-refractivity contribution in [2.45, 2.75) is 12.8 Å². The van der Waals surface area contributed by atoms with E-state index in [0.29, 0.717) is 24.1 Å². The Morgan fingerprint density at radius 2 is 1.93 bits per heavy atom. The second-order valence-electron chi connectivity index (χ2n) is 7.14. The van der Waals surface area contributed by atoms with Gasteiger partial charge >= 0.3 is 6.01 Å². The number of ether oxygens (including phenoxy) is 2. The summed E-state index contributed by atoms with van der Waals surface area (Å²) < 4.78 is 15.9. The molecule has 0 spiro atoms. The molecule has 30 heavy (non-hydrogen) atoms. The lowest BCUT2D eigenvalue weighted by atomic mass is 9.97. The van der Waals surface area contributed by atoms with Crippen LogP contribution in [0.15, 0.2) is 53.1 Å². The van der Waals surface area contributed by atoms with Gasteiger partial charge < -0.3 is 24.2 Å². The summed E-state index contributed by atoms with van der Waals surface area (Å²) in [5.41, 5.74) is 1.56. The summed E-state index contributed by atoms with van der Waals surface area (Å²) in [6, 6.07) is 15.2. The summed E-state index contributed by atoms with van der Waals surface area (Å²) in [4.78, 5) is 19.3. The molecule has 0 aliphatic carbocycles. The summed E-state index contributed by atoms with van der Waals surface area (Å²) in [5.74, 6) is 1.79. The molecule has 1 aliphatic heterocycles. The molecule has 2 heterocycles. The zero-order valence-electron chi connectivity index (χ0n) is 17.0. The Balaban J connectivity index is 1.42. The molecule has 2 aromatic carbocycles. The number of benzene rings is 2. The quantitative estimate of drug-likeness (QED) is 0.666. The van der Waals surface area contributed by atoms with Gasteiger partial charge in [0, 0.05) is 30.4 Å². The number of hydrogen-bond donors (Lipinski definition) is 1. The maximum Gasteiger partial charge on any atom is 0.324 e. The van der Waals surface area contributed by atoms with Gasteiger partial charge in [0.05, 0.1) is 20.1 Å². The van der Waals surface area contributed by atoms with E-state index in [0.717, 1.165) is 36.4 Å². The first-order valence-electron chi connectivity index (χ1n) is 9.84. The molecule has 1 aromatic heterocycles. The number of methoxy groups -OCH3 is 2. The fourth-order valence-corrected chi connectivity index (χ4v) is 3.51. The minimum atomic E-state index is -0.165. The molecule has 1 amide bonds. The fraction of sp³-hybridized carbons (Fsp3) is 0.318. The summed E-state index contributed by atoms with van der Waals surface area (Å²) >= 11 is 0. The van der Waals surface area contributed by atoms with Gasteiger partial charge in [0.15, 0.2) is 0 Å². The average Bonchev–Trinajstić information content (AvgIpc) is 3.30. The van der Waals surface area contributed by atoms with Crippen molar-refractivity contribution in [2.75, 3.05) is 37.5 Å². The molecule has 156 valence electrons. The van der Waals surface area contributed by atoms with Gasteiger partial charge in [-0.25, -0.2) is 0 Å². The highest BCUT2D eigenvalue weighted by Crippen LogP contribution is 2.27. The lowest BCUT2D eigenvalue weighted by Gasteiger charge is -2.30. The molecular weight excluding hydrogens is 384 g/mol. The molecule has 1 fully saturated rings. The van der Waals surface area contributed by atoms with E-state index in [1.54, 1.807) is 20.3 Å². The number of hydrogen-bond acceptors (Lipinski definition) is 7. The van der Waals surface area contributed by atoms with Crippen LogP contribution in [0.25, 0.3) is 11.4 Å². The number of carbonyl (C=O) groups is 1. The van der Waals surface area contributed by atoms with Crippen molar-refractivity contribution in [3.63, 3.8) is 0 Å². The summed E-state index contributed by atoms with van der Waals surface area (Å²) in [6.45, 7) is 1.30. The number of anilines is 2. The Bertz CT molecular complexity index is 1000. The van der Waals surface area contributed by atoms with Crippen molar-refractivity contribution in [3.8, 4) is 22.9 Å².